The van der Waals surface area contributed by atoms with Crippen LogP contribution < -0.4 is 5.73 Å². The van der Waals surface area contributed by atoms with E-state index in [0.29, 0.717) is 17.1 Å². The highest BCUT2D eigenvalue weighted by Crippen LogP contribution is 2.29. The second-order valence-electron chi connectivity index (χ2n) is 3.22. The Morgan fingerprint density at radius 3 is 3.00 bits per heavy atom. The van der Waals surface area contributed by atoms with E-state index in [1.54, 1.807) is 23.9 Å². The molecule has 0 radical (unpaired) electrons. The molecule has 0 aliphatic rings. The number of hydrogen-bond acceptors (Lipinski definition) is 4. The van der Waals surface area contributed by atoms with Gasteiger partial charge < -0.3 is 10.5 Å². The molecule has 5 heteroatoms. The highest BCUT2D eigenvalue weighted by molar-refractivity contribution is 7.99. The number of ether oxygens (including phenoxy) is 1. The molecule has 1 aromatic carbocycles. The normalized spacial score (nSPS) is 10.1. The van der Waals surface area contributed by atoms with E-state index in [4.69, 9.17) is 17.3 Å². The number of esters is 1. The maximum atomic E-state index is 10.9. The molecule has 88 valence electrons. The number of nitrogen functional groups attached to an aromatic ring is 1. The van der Waals surface area contributed by atoms with Crippen molar-refractivity contribution in [3.8, 4) is 0 Å². The van der Waals surface area contributed by atoms with Gasteiger partial charge in [0.05, 0.1) is 12.1 Å². The van der Waals surface area contributed by atoms with Gasteiger partial charge in [0, 0.05) is 17.0 Å². The van der Waals surface area contributed by atoms with Crippen molar-refractivity contribution < 1.29 is 9.53 Å². The molecule has 0 saturated carbocycles. The molecule has 16 heavy (non-hydrogen) atoms. The van der Waals surface area contributed by atoms with Crippen LogP contribution in [0, 0.1) is 0 Å². The summed E-state index contributed by atoms with van der Waals surface area (Å²) in [6, 6.07) is 5.38. The number of methoxy groups -OCH3 is 1. The molecule has 0 unspecified atom stereocenters. The Balaban J connectivity index is 2.37. The van der Waals surface area contributed by atoms with E-state index in [0.717, 1.165) is 17.1 Å². The predicted octanol–water partition coefficient (Wildman–Crippen LogP) is 2.97. The van der Waals surface area contributed by atoms with Crippen LogP contribution >= 0.6 is 23.4 Å². The Labute approximate surface area is 104 Å². The summed E-state index contributed by atoms with van der Waals surface area (Å²) in [4.78, 5) is 11.8. The molecule has 0 aliphatic carbocycles. The third kappa shape index (κ3) is 4.33. The van der Waals surface area contributed by atoms with Crippen LogP contribution in [0.5, 0.6) is 0 Å². The monoisotopic (exact) mass is 259 g/mol. The van der Waals surface area contributed by atoms with Crippen LogP contribution in [0.1, 0.15) is 12.8 Å². The van der Waals surface area contributed by atoms with Gasteiger partial charge in [-0.1, -0.05) is 11.6 Å². The van der Waals surface area contributed by atoms with Crippen molar-refractivity contribution in [1.82, 2.24) is 0 Å². The molecule has 0 bridgehead atoms. The maximum Gasteiger partial charge on any atom is 0.305 e. The molecule has 0 aliphatic heterocycles. The molecule has 0 aromatic heterocycles. The van der Waals surface area contributed by atoms with E-state index in [1.165, 1.54) is 7.11 Å². The van der Waals surface area contributed by atoms with Crippen molar-refractivity contribution in [2.75, 3.05) is 18.6 Å². The summed E-state index contributed by atoms with van der Waals surface area (Å²) in [5.41, 5.74) is 6.35. The first kappa shape index (κ1) is 13.2. The lowest BCUT2D eigenvalue weighted by molar-refractivity contribution is -0.140. The molecular formula is C11H14ClNO2S. The van der Waals surface area contributed by atoms with Crippen LogP contribution in [0.25, 0.3) is 0 Å². The number of carbonyl (C=O) groups is 1. The van der Waals surface area contributed by atoms with Gasteiger partial charge in [-0.05, 0) is 30.4 Å². The van der Waals surface area contributed by atoms with E-state index in [9.17, 15) is 4.79 Å². The fourth-order valence-electron chi connectivity index (χ4n) is 1.13. The number of rotatable bonds is 5. The van der Waals surface area contributed by atoms with Crippen LogP contribution in [0.2, 0.25) is 5.02 Å². The first-order chi connectivity index (χ1) is 7.63. The minimum Gasteiger partial charge on any atom is -0.469 e. The molecule has 0 saturated heterocycles. The number of nitrogens with two attached hydrogens (primary N) is 1. The molecular weight excluding hydrogens is 246 g/mol. The van der Waals surface area contributed by atoms with Crippen molar-refractivity contribution in [3.63, 3.8) is 0 Å². The van der Waals surface area contributed by atoms with Crippen LogP contribution in [-0.4, -0.2) is 18.8 Å². The van der Waals surface area contributed by atoms with Gasteiger partial charge in [0.2, 0.25) is 0 Å². The van der Waals surface area contributed by atoms with Gasteiger partial charge >= 0.3 is 5.97 Å². The zero-order valence-corrected chi connectivity index (χ0v) is 10.6. The van der Waals surface area contributed by atoms with Crippen molar-refractivity contribution in [3.05, 3.63) is 23.2 Å². The zero-order chi connectivity index (χ0) is 12.0. The van der Waals surface area contributed by atoms with E-state index < -0.39 is 0 Å². The fourth-order valence-corrected chi connectivity index (χ4v) is 2.35. The number of hydrogen-bond donors (Lipinski definition) is 1. The number of thioether (sulfide) groups is 1. The Kier molecular flexibility index (Phi) is 5.49. The van der Waals surface area contributed by atoms with Gasteiger partial charge in [0.15, 0.2) is 0 Å². The van der Waals surface area contributed by atoms with Crippen molar-refractivity contribution in [1.29, 1.82) is 0 Å². The summed E-state index contributed by atoms with van der Waals surface area (Å²) in [7, 11) is 1.39. The fraction of sp³-hybridized carbons (Fsp3) is 0.364. The van der Waals surface area contributed by atoms with E-state index in [-0.39, 0.29) is 5.97 Å². The summed E-state index contributed by atoms with van der Waals surface area (Å²) in [6.45, 7) is 0. The van der Waals surface area contributed by atoms with E-state index >= 15 is 0 Å². The molecule has 0 spiro atoms. The molecule has 1 aromatic rings. The van der Waals surface area contributed by atoms with Gasteiger partial charge in [-0.25, -0.2) is 0 Å². The Morgan fingerprint density at radius 1 is 1.56 bits per heavy atom. The number of carbonyl (C=O) groups excluding carboxylic acids is 1. The maximum absolute atomic E-state index is 10.9. The Hall–Kier alpha value is -0.870. The van der Waals surface area contributed by atoms with Gasteiger partial charge in [0.1, 0.15) is 0 Å². The van der Waals surface area contributed by atoms with E-state index in [1.807, 2.05) is 6.07 Å². The lowest BCUT2D eigenvalue weighted by Gasteiger charge is -2.04. The third-order valence-electron chi connectivity index (χ3n) is 1.97. The zero-order valence-electron chi connectivity index (χ0n) is 9.03. The van der Waals surface area contributed by atoms with Crippen LogP contribution in [0.15, 0.2) is 23.1 Å². The first-order valence-electron chi connectivity index (χ1n) is 4.88. The molecule has 0 amide bonds. The number of anilines is 1. The average molecular weight is 260 g/mol. The first-order valence-corrected chi connectivity index (χ1v) is 6.24. The summed E-state index contributed by atoms with van der Waals surface area (Å²) >= 11 is 7.59. The highest BCUT2D eigenvalue weighted by Gasteiger charge is 2.03. The summed E-state index contributed by atoms with van der Waals surface area (Å²) < 4.78 is 4.55. The van der Waals surface area contributed by atoms with E-state index in [2.05, 4.69) is 4.74 Å². The quantitative estimate of drug-likeness (QED) is 0.382. The molecule has 0 atom stereocenters. The highest BCUT2D eigenvalue weighted by atomic mass is 35.5. The summed E-state index contributed by atoms with van der Waals surface area (Å²) in [5.74, 6) is 0.637. The van der Waals surface area contributed by atoms with Crippen LogP contribution in [0.4, 0.5) is 5.69 Å². The SMILES string of the molecule is COC(=O)CCCSc1cc(N)ccc1Cl. The van der Waals surface area contributed by atoms with Gasteiger partial charge in [-0.15, -0.1) is 11.8 Å². The number of halogens is 1. The average Bonchev–Trinajstić information content (AvgIpc) is 2.28. The largest absolute Gasteiger partial charge is 0.469 e. The Morgan fingerprint density at radius 2 is 2.31 bits per heavy atom. The minimum absolute atomic E-state index is 0.181. The van der Waals surface area contributed by atoms with Gasteiger partial charge in [-0.2, -0.15) is 0 Å². The summed E-state index contributed by atoms with van der Waals surface area (Å²) in [6.07, 6.45) is 1.20. The van der Waals surface area contributed by atoms with Gasteiger partial charge in [-0.3, -0.25) is 4.79 Å². The van der Waals surface area contributed by atoms with Crippen LogP contribution in [0.3, 0.4) is 0 Å². The second-order valence-corrected chi connectivity index (χ2v) is 4.76. The molecule has 0 heterocycles. The van der Waals surface area contributed by atoms with Gasteiger partial charge in [0.25, 0.3) is 0 Å². The van der Waals surface area contributed by atoms with Crippen molar-refractivity contribution in [2.24, 2.45) is 0 Å². The predicted molar refractivity (Wildman–Crippen MR) is 67.8 cm³/mol. The molecule has 2 N–H and O–H groups in total. The Bertz CT molecular complexity index is 371. The minimum atomic E-state index is -0.181. The molecule has 1 rings (SSSR count). The third-order valence-corrected chi connectivity index (χ3v) is 3.55. The standard InChI is InChI=1S/C11H14ClNO2S/c1-15-11(14)3-2-6-16-10-7-8(13)4-5-9(10)12/h4-5,7H,2-3,6,13H2,1H3. The summed E-state index contributed by atoms with van der Waals surface area (Å²) in [5, 5.41) is 0.692. The smallest absolute Gasteiger partial charge is 0.305 e. The molecule has 0 fully saturated rings. The second kappa shape index (κ2) is 6.66. The number of benzene rings is 1. The molecule has 3 nitrogen and oxygen atoms in total. The topological polar surface area (TPSA) is 52.3 Å². The van der Waals surface area contributed by atoms with Crippen LogP contribution in [-0.2, 0) is 9.53 Å². The van der Waals surface area contributed by atoms with Crippen molar-refractivity contribution in [2.45, 2.75) is 17.7 Å². The van der Waals surface area contributed by atoms with Crippen molar-refractivity contribution >= 4 is 35.0 Å². The lowest BCUT2D eigenvalue weighted by atomic mass is 10.3. The lowest BCUT2D eigenvalue weighted by Crippen LogP contribution is -2.00.